The fourth-order valence-electron chi connectivity index (χ4n) is 2.41. The van der Waals surface area contributed by atoms with E-state index in [2.05, 4.69) is 21.4 Å². The van der Waals surface area contributed by atoms with Gasteiger partial charge in [0.25, 0.3) is 0 Å². The Kier molecular flexibility index (Phi) is 4.10. The summed E-state index contributed by atoms with van der Waals surface area (Å²) in [6.45, 7) is 0.963. The largest absolute Gasteiger partial charge is 0.486 e. The van der Waals surface area contributed by atoms with Crippen LogP contribution >= 0.6 is 15.9 Å². The Hall–Kier alpha value is -1.63. The molecule has 0 saturated carbocycles. The summed E-state index contributed by atoms with van der Waals surface area (Å²) in [4.78, 5) is 0. The summed E-state index contributed by atoms with van der Waals surface area (Å²) >= 11 is 3.19. The van der Waals surface area contributed by atoms with Crippen LogP contribution in [0.5, 0.6) is 11.5 Å². The molecular formula is C15H14BrFN2O2. The average Bonchev–Trinajstić information content (AvgIpc) is 2.52. The molecule has 6 heteroatoms. The van der Waals surface area contributed by atoms with Crippen LogP contribution in [-0.4, -0.2) is 13.2 Å². The van der Waals surface area contributed by atoms with Crippen molar-refractivity contribution in [2.45, 2.75) is 6.04 Å². The lowest BCUT2D eigenvalue weighted by atomic mass is 9.97. The van der Waals surface area contributed by atoms with E-state index < -0.39 is 6.04 Å². The summed E-state index contributed by atoms with van der Waals surface area (Å²) in [7, 11) is 0. The Morgan fingerprint density at radius 2 is 1.81 bits per heavy atom. The van der Waals surface area contributed by atoms with Gasteiger partial charge in [0.1, 0.15) is 19.0 Å². The predicted octanol–water partition coefficient (Wildman–Crippen LogP) is 2.91. The molecule has 2 aromatic carbocycles. The van der Waals surface area contributed by atoms with E-state index in [9.17, 15) is 4.39 Å². The number of halogens is 2. The quantitative estimate of drug-likeness (QED) is 0.658. The van der Waals surface area contributed by atoms with Crippen LogP contribution < -0.4 is 20.7 Å². The van der Waals surface area contributed by atoms with Gasteiger partial charge in [0.2, 0.25) is 0 Å². The van der Waals surface area contributed by atoms with E-state index in [0.717, 1.165) is 5.56 Å². The molecule has 3 N–H and O–H groups in total. The Labute approximate surface area is 130 Å². The summed E-state index contributed by atoms with van der Waals surface area (Å²) in [6.07, 6.45) is 0. The fraction of sp³-hybridized carbons (Fsp3) is 0.200. The molecule has 4 nitrogen and oxygen atoms in total. The van der Waals surface area contributed by atoms with Gasteiger partial charge in [-0.3, -0.25) is 5.84 Å². The zero-order chi connectivity index (χ0) is 14.8. The van der Waals surface area contributed by atoms with E-state index in [1.165, 1.54) is 0 Å². The number of hydrogen-bond donors (Lipinski definition) is 2. The zero-order valence-electron chi connectivity index (χ0n) is 11.1. The first-order valence-corrected chi connectivity index (χ1v) is 7.30. The van der Waals surface area contributed by atoms with Crippen LogP contribution in [0, 0.1) is 5.82 Å². The van der Waals surface area contributed by atoms with Gasteiger partial charge in [0.05, 0.1) is 10.5 Å². The number of ether oxygens (including phenoxy) is 2. The zero-order valence-corrected chi connectivity index (χ0v) is 12.7. The summed E-state index contributed by atoms with van der Waals surface area (Å²) in [5.74, 6) is 6.56. The van der Waals surface area contributed by atoms with E-state index in [1.54, 1.807) is 18.2 Å². The van der Waals surface area contributed by atoms with Gasteiger partial charge >= 0.3 is 0 Å². The average molecular weight is 353 g/mol. The first-order valence-electron chi connectivity index (χ1n) is 6.51. The number of rotatable bonds is 3. The first-order chi connectivity index (χ1) is 10.2. The minimum absolute atomic E-state index is 0.352. The standard InChI is InChI=1S/C15H14BrFN2O2/c16-11-5-1-3-9(13(11)17)14(19-18)10-4-2-6-12-15(10)21-8-7-20-12/h1-6,14,19H,7-8,18H2. The van der Waals surface area contributed by atoms with Crippen LogP contribution in [-0.2, 0) is 0 Å². The van der Waals surface area contributed by atoms with Crippen LogP contribution in [0.4, 0.5) is 4.39 Å². The Morgan fingerprint density at radius 1 is 1.10 bits per heavy atom. The van der Waals surface area contributed by atoms with Crippen molar-refractivity contribution in [2.75, 3.05) is 13.2 Å². The third kappa shape index (κ3) is 2.62. The second kappa shape index (κ2) is 6.01. The Bertz CT molecular complexity index is 666. The third-order valence-electron chi connectivity index (χ3n) is 3.37. The number of nitrogens with two attached hydrogens (primary N) is 1. The second-order valence-electron chi connectivity index (χ2n) is 4.61. The molecule has 21 heavy (non-hydrogen) atoms. The maximum absolute atomic E-state index is 14.3. The number of benzene rings is 2. The van der Waals surface area contributed by atoms with Crippen molar-refractivity contribution in [1.29, 1.82) is 0 Å². The molecule has 3 rings (SSSR count). The van der Waals surface area contributed by atoms with E-state index in [1.807, 2.05) is 18.2 Å². The monoisotopic (exact) mass is 352 g/mol. The van der Waals surface area contributed by atoms with Crippen molar-refractivity contribution in [3.05, 3.63) is 57.8 Å². The lowest BCUT2D eigenvalue weighted by molar-refractivity contribution is 0.169. The highest BCUT2D eigenvalue weighted by Gasteiger charge is 2.25. The molecule has 1 unspecified atom stereocenters. The highest BCUT2D eigenvalue weighted by molar-refractivity contribution is 9.10. The van der Waals surface area contributed by atoms with Gasteiger partial charge < -0.3 is 9.47 Å². The van der Waals surface area contributed by atoms with Gasteiger partial charge in [-0.05, 0) is 28.1 Å². The second-order valence-corrected chi connectivity index (χ2v) is 5.47. The predicted molar refractivity (Wildman–Crippen MR) is 80.7 cm³/mol. The van der Waals surface area contributed by atoms with Gasteiger partial charge in [-0.1, -0.05) is 24.3 Å². The van der Waals surface area contributed by atoms with Crippen LogP contribution in [0.2, 0.25) is 0 Å². The molecule has 0 fully saturated rings. The Morgan fingerprint density at radius 3 is 2.62 bits per heavy atom. The van der Waals surface area contributed by atoms with Gasteiger partial charge in [-0.15, -0.1) is 0 Å². The van der Waals surface area contributed by atoms with Gasteiger partial charge in [-0.25, -0.2) is 9.82 Å². The van der Waals surface area contributed by atoms with Crippen LogP contribution in [0.25, 0.3) is 0 Å². The number of fused-ring (bicyclic) bond motifs is 1. The molecule has 0 spiro atoms. The van der Waals surface area contributed by atoms with Crippen molar-refractivity contribution in [1.82, 2.24) is 5.43 Å². The molecule has 0 radical (unpaired) electrons. The normalized spacial score (nSPS) is 14.8. The summed E-state index contributed by atoms with van der Waals surface area (Å²) in [5.41, 5.74) is 3.84. The van der Waals surface area contributed by atoms with Crippen LogP contribution in [0.1, 0.15) is 17.2 Å². The maximum atomic E-state index is 14.3. The van der Waals surface area contributed by atoms with Crippen molar-refractivity contribution < 1.29 is 13.9 Å². The third-order valence-corrected chi connectivity index (χ3v) is 3.98. The molecule has 0 amide bonds. The lowest BCUT2D eigenvalue weighted by Gasteiger charge is -2.25. The topological polar surface area (TPSA) is 56.5 Å². The first kappa shape index (κ1) is 14.3. The Balaban J connectivity index is 2.11. The molecule has 1 heterocycles. The molecule has 1 atom stereocenters. The minimum atomic E-state index is -0.529. The maximum Gasteiger partial charge on any atom is 0.166 e. The lowest BCUT2D eigenvalue weighted by Crippen LogP contribution is -2.30. The number of para-hydroxylation sites is 1. The van der Waals surface area contributed by atoms with E-state index in [0.29, 0.717) is 34.7 Å². The number of hydrogen-bond acceptors (Lipinski definition) is 4. The molecule has 0 aromatic heterocycles. The smallest absolute Gasteiger partial charge is 0.166 e. The minimum Gasteiger partial charge on any atom is -0.486 e. The molecule has 0 bridgehead atoms. The highest BCUT2D eigenvalue weighted by Crippen LogP contribution is 2.39. The van der Waals surface area contributed by atoms with E-state index in [4.69, 9.17) is 15.3 Å². The van der Waals surface area contributed by atoms with Gasteiger partial charge in [0.15, 0.2) is 11.5 Å². The van der Waals surface area contributed by atoms with Gasteiger partial charge in [0, 0.05) is 11.1 Å². The van der Waals surface area contributed by atoms with Gasteiger partial charge in [-0.2, -0.15) is 0 Å². The number of hydrazine groups is 1. The van der Waals surface area contributed by atoms with E-state index >= 15 is 0 Å². The fourth-order valence-corrected chi connectivity index (χ4v) is 2.80. The summed E-state index contributed by atoms with van der Waals surface area (Å²) < 4.78 is 26.0. The van der Waals surface area contributed by atoms with E-state index in [-0.39, 0.29) is 5.82 Å². The van der Waals surface area contributed by atoms with Crippen molar-refractivity contribution in [2.24, 2.45) is 5.84 Å². The molecule has 0 saturated heterocycles. The van der Waals surface area contributed by atoms with Crippen molar-refractivity contribution >= 4 is 15.9 Å². The molecule has 1 aliphatic rings. The molecule has 1 aliphatic heterocycles. The SMILES string of the molecule is NNC(c1cccc(Br)c1F)c1cccc2c1OCCO2. The number of nitrogens with one attached hydrogen (secondary N) is 1. The van der Waals surface area contributed by atoms with Crippen LogP contribution in [0.15, 0.2) is 40.9 Å². The molecule has 2 aromatic rings. The van der Waals surface area contributed by atoms with Crippen molar-refractivity contribution in [3.63, 3.8) is 0 Å². The highest BCUT2D eigenvalue weighted by atomic mass is 79.9. The van der Waals surface area contributed by atoms with Crippen LogP contribution in [0.3, 0.4) is 0 Å². The van der Waals surface area contributed by atoms with Crippen molar-refractivity contribution in [3.8, 4) is 11.5 Å². The molecule has 110 valence electrons. The molecule has 0 aliphatic carbocycles. The summed E-state index contributed by atoms with van der Waals surface area (Å²) in [6, 6.07) is 10.1. The summed E-state index contributed by atoms with van der Waals surface area (Å²) in [5, 5.41) is 0. The molecular weight excluding hydrogens is 339 g/mol.